The Morgan fingerprint density at radius 1 is 1.46 bits per heavy atom. The van der Waals surface area contributed by atoms with Crippen LogP contribution in [0.5, 0.6) is 0 Å². The number of aromatic amines is 1. The molecule has 0 fully saturated rings. The number of aliphatic hydroxyl groups excluding tert-OH is 1. The van der Waals surface area contributed by atoms with E-state index in [4.69, 9.17) is 5.11 Å². The van der Waals surface area contributed by atoms with Gasteiger partial charge in [0.15, 0.2) is 5.69 Å². The van der Waals surface area contributed by atoms with Gasteiger partial charge in [-0.3, -0.25) is 5.10 Å². The van der Waals surface area contributed by atoms with E-state index in [1.807, 2.05) is 0 Å². The molecule has 1 heterocycles. The van der Waals surface area contributed by atoms with Gasteiger partial charge >= 0.3 is 6.18 Å². The number of alkyl halides is 3. The summed E-state index contributed by atoms with van der Waals surface area (Å²) in [5, 5.41) is 13.7. The Bertz CT molecular complexity index is 269. The van der Waals surface area contributed by atoms with Crippen molar-refractivity contribution < 1.29 is 18.3 Å². The lowest BCUT2D eigenvalue weighted by Crippen LogP contribution is -2.09. The summed E-state index contributed by atoms with van der Waals surface area (Å²) in [7, 11) is 0. The summed E-state index contributed by atoms with van der Waals surface area (Å²) in [5.41, 5.74) is -0.789. The maximum atomic E-state index is 12.2. The summed E-state index contributed by atoms with van der Waals surface area (Å²) >= 11 is 0. The van der Waals surface area contributed by atoms with Crippen LogP contribution in [0.1, 0.15) is 17.7 Å². The van der Waals surface area contributed by atoms with Crippen LogP contribution in [0.3, 0.4) is 0 Å². The van der Waals surface area contributed by atoms with Crippen LogP contribution in [0.4, 0.5) is 13.2 Å². The highest BCUT2D eigenvalue weighted by atomic mass is 19.4. The number of aromatic nitrogens is 2. The zero-order valence-electron chi connectivity index (χ0n) is 6.73. The lowest BCUT2D eigenvalue weighted by molar-refractivity contribution is -0.141. The molecule has 3 nitrogen and oxygen atoms in total. The molecule has 0 saturated heterocycles. The van der Waals surface area contributed by atoms with Crippen molar-refractivity contribution >= 4 is 0 Å². The first-order valence-corrected chi connectivity index (χ1v) is 3.76. The van der Waals surface area contributed by atoms with E-state index in [9.17, 15) is 13.2 Å². The normalized spacial score (nSPS) is 12.0. The fourth-order valence-electron chi connectivity index (χ4n) is 1.02. The van der Waals surface area contributed by atoms with Crippen molar-refractivity contribution in [1.29, 1.82) is 0 Å². The monoisotopic (exact) mass is 194 g/mol. The van der Waals surface area contributed by atoms with E-state index in [1.165, 1.54) is 6.20 Å². The van der Waals surface area contributed by atoms with Crippen LogP contribution < -0.4 is 0 Å². The molecule has 0 saturated carbocycles. The number of halogens is 3. The number of hydrogen-bond acceptors (Lipinski definition) is 2. The first-order valence-electron chi connectivity index (χ1n) is 3.76. The number of nitrogens with one attached hydrogen (secondary N) is 1. The SMILES string of the molecule is OCCCc1c[nH]nc1C(F)(F)F. The Morgan fingerprint density at radius 3 is 2.69 bits per heavy atom. The van der Waals surface area contributed by atoms with Crippen LogP contribution >= 0.6 is 0 Å². The molecule has 0 atom stereocenters. The van der Waals surface area contributed by atoms with Gasteiger partial charge in [0.25, 0.3) is 0 Å². The van der Waals surface area contributed by atoms with Crippen molar-refractivity contribution in [2.75, 3.05) is 6.61 Å². The number of hydrogen-bond donors (Lipinski definition) is 2. The average Bonchev–Trinajstić information content (AvgIpc) is 2.47. The highest BCUT2D eigenvalue weighted by Crippen LogP contribution is 2.30. The lowest BCUT2D eigenvalue weighted by atomic mass is 10.1. The Balaban J connectivity index is 2.77. The summed E-state index contributed by atoms with van der Waals surface area (Å²) in [6.45, 7) is -0.123. The fourth-order valence-corrected chi connectivity index (χ4v) is 1.02. The molecule has 0 aromatic carbocycles. The first-order chi connectivity index (χ1) is 6.05. The zero-order chi connectivity index (χ0) is 9.90. The van der Waals surface area contributed by atoms with Crippen molar-refractivity contribution in [2.45, 2.75) is 19.0 Å². The predicted octanol–water partition coefficient (Wildman–Crippen LogP) is 1.35. The van der Waals surface area contributed by atoms with Crippen LogP contribution in [0, 0.1) is 0 Å². The molecule has 0 amide bonds. The van der Waals surface area contributed by atoms with Gasteiger partial charge in [0.1, 0.15) is 0 Å². The molecule has 13 heavy (non-hydrogen) atoms. The van der Waals surface area contributed by atoms with Gasteiger partial charge in [-0.2, -0.15) is 18.3 Å². The second-order valence-corrected chi connectivity index (χ2v) is 2.58. The van der Waals surface area contributed by atoms with Crippen molar-refractivity contribution in [3.05, 3.63) is 17.5 Å². The van der Waals surface area contributed by atoms with Gasteiger partial charge in [-0.1, -0.05) is 0 Å². The molecule has 0 aliphatic rings. The Labute approximate surface area is 72.6 Å². The third kappa shape index (κ3) is 2.45. The summed E-state index contributed by atoms with van der Waals surface area (Å²) in [6, 6.07) is 0. The molecule has 0 aliphatic carbocycles. The quantitative estimate of drug-likeness (QED) is 0.763. The van der Waals surface area contributed by atoms with Gasteiger partial charge in [-0.15, -0.1) is 0 Å². The van der Waals surface area contributed by atoms with E-state index >= 15 is 0 Å². The van der Waals surface area contributed by atoms with E-state index < -0.39 is 11.9 Å². The number of aliphatic hydroxyl groups is 1. The third-order valence-electron chi connectivity index (χ3n) is 1.59. The summed E-state index contributed by atoms with van der Waals surface area (Å²) in [4.78, 5) is 0. The molecule has 0 radical (unpaired) electrons. The van der Waals surface area contributed by atoms with E-state index in [2.05, 4.69) is 10.2 Å². The van der Waals surface area contributed by atoms with Gasteiger partial charge in [-0.05, 0) is 12.8 Å². The molecule has 1 aromatic rings. The van der Waals surface area contributed by atoms with Crippen LogP contribution in [-0.2, 0) is 12.6 Å². The molecule has 0 unspecified atom stereocenters. The van der Waals surface area contributed by atoms with Crippen LogP contribution in [-0.4, -0.2) is 21.9 Å². The molecular formula is C7H9F3N2O. The summed E-state index contributed by atoms with van der Waals surface area (Å²) < 4.78 is 36.5. The lowest BCUT2D eigenvalue weighted by Gasteiger charge is -2.04. The minimum atomic E-state index is -4.41. The maximum Gasteiger partial charge on any atom is 0.435 e. The largest absolute Gasteiger partial charge is 0.435 e. The van der Waals surface area contributed by atoms with Crippen LogP contribution in [0.15, 0.2) is 6.20 Å². The van der Waals surface area contributed by atoms with Gasteiger partial charge in [0, 0.05) is 18.4 Å². The van der Waals surface area contributed by atoms with E-state index in [-0.39, 0.29) is 18.6 Å². The van der Waals surface area contributed by atoms with Gasteiger partial charge in [0.2, 0.25) is 0 Å². The molecular weight excluding hydrogens is 185 g/mol. The van der Waals surface area contributed by atoms with Crippen LogP contribution in [0.2, 0.25) is 0 Å². The molecule has 2 N–H and O–H groups in total. The Morgan fingerprint density at radius 2 is 2.15 bits per heavy atom. The van der Waals surface area contributed by atoms with Gasteiger partial charge in [-0.25, -0.2) is 0 Å². The number of H-pyrrole nitrogens is 1. The maximum absolute atomic E-state index is 12.2. The zero-order valence-corrected chi connectivity index (χ0v) is 6.73. The molecule has 74 valence electrons. The Kier molecular flexibility index (Phi) is 2.92. The minimum Gasteiger partial charge on any atom is -0.396 e. The van der Waals surface area contributed by atoms with Gasteiger partial charge in [0.05, 0.1) is 0 Å². The third-order valence-corrected chi connectivity index (χ3v) is 1.59. The van der Waals surface area contributed by atoms with E-state index in [1.54, 1.807) is 0 Å². The molecule has 1 aromatic heterocycles. The number of nitrogens with zero attached hydrogens (tertiary/aromatic N) is 1. The number of rotatable bonds is 3. The van der Waals surface area contributed by atoms with Gasteiger partial charge < -0.3 is 5.11 Å². The molecule has 6 heteroatoms. The highest BCUT2D eigenvalue weighted by Gasteiger charge is 2.35. The summed E-state index contributed by atoms with van der Waals surface area (Å²) in [6.07, 6.45) is -2.71. The second-order valence-electron chi connectivity index (χ2n) is 2.58. The van der Waals surface area contributed by atoms with Crippen molar-refractivity contribution in [2.24, 2.45) is 0 Å². The standard InChI is InChI=1S/C7H9F3N2O/c8-7(9,10)6-5(2-1-3-13)4-11-12-6/h4,13H,1-3H2,(H,11,12). The number of aryl methyl sites for hydroxylation is 1. The van der Waals surface area contributed by atoms with Crippen molar-refractivity contribution in [1.82, 2.24) is 10.2 Å². The van der Waals surface area contributed by atoms with Crippen molar-refractivity contribution in [3.8, 4) is 0 Å². The van der Waals surface area contributed by atoms with E-state index in [0.29, 0.717) is 6.42 Å². The fraction of sp³-hybridized carbons (Fsp3) is 0.571. The minimum absolute atomic E-state index is 0.0987. The smallest absolute Gasteiger partial charge is 0.396 e. The van der Waals surface area contributed by atoms with E-state index in [0.717, 1.165) is 0 Å². The summed E-state index contributed by atoms with van der Waals surface area (Å²) in [5.74, 6) is 0. The van der Waals surface area contributed by atoms with Crippen LogP contribution in [0.25, 0.3) is 0 Å². The Hall–Kier alpha value is -1.04. The average molecular weight is 194 g/mol. The van der Waals surface area contributed by atoms with Crippen molar-refractivity contribution in [3.63, 3.8) is 0 Å². The topological polar surface area (TPSA) is 48.9 Å². The molecule has 0 bridgehead atoms. The first kappa shape index (κ1) is 10.0. The molecule has 0 aliphatic heterocycles. The second kappa shape index (κ2) is 3.78. The molecule has 1 rings (SSSR count). The highest BCUT2D eigenvalue weighted by molar-refractivity contribution is 5.19. The predicted molar refractivity (Wildman–Crippen MR) is 39.0 cm³/mol. The molecule has 0 spiro atoms.